The van der Waals surface area contributed by atoms with Crippen molar-refractivity contribution >= 4 is 10.9 Å². The second-order valence-corrected chi connectivity index (χ2v) is 4.69. The number of fused-ring (bicyclic) bond motifs is 1. The Kier molecular flexibility index (Phi) is 2.95. The lowest BCUT2D eigenvalue weighted by atomic mass is 9.93. The minimum atomic E-state index is -0.973. The Labute approximate surface area is 101 Å². The van der Waals surface area contributed by atoms with Crippen LogP contribution < -0.4 is 11.3 Å². The zero-order chi connectivity index (χ0) is 12.6. The van der Waals surface area contributed by atoms with Gasteiger partial charge >= 0.3 is 0 Å². The average molecular weight is 233 g/mol. The summed E-state index contributed by atoms with van der Waals surface area (Å²) in [6, 6.07) is 8.07. The lowest BCUT2D eigenvalue weighted by Gasteiger charge is -2.23. The Hall–Kier alpha value is -1.36. The van der Waals surface area contributed by atoms with Crippen LogP contribution in [0.25, 0.3) is 10.9 Å². The fourth-order valence-corrected chi connectivity index (χ4v) is 2.49. The molecule has 0 saturated carbocycles. The van der Waals surface area contributed by atoms with E-state index in [9.17, 15) is 5.11 Å². The van der Waals surface area contributed by atoms with Gasteiger partial charge in [0.05, 0.1) is 0 Å². The summed E-state index contributed by atoms with van der Waals surface area (Å²) in [4.78, 5) is 0. The number of hydrazine groups is 1. The maximum atomic E-state index is 10.5. The zero-order valence-corrected chi connectivity index (χ0v) is 10.5. The molecule has 0 spiro atoms. The molecule has 1 atom stereocenters. The predicted octanol–water partition coefficient (Wildman–Crippen LogP) is 1.16. The molecule has 0 amide bonds. The maximum Gasteiger partial charge on any atom is 0.103 e. The molecule has 2 aromatic rings. The van der Waals surface area contributed by atoms with Crippen LogP contribution in [0.3, 0.4) is 0 Å². The van der Waals surface area contributed by atoms with Crippen molar-refractivity contribution in [1.29, 1.82) is 0 Å². The van der Waals surface area contributed by atoms with Gasteiger partial charge in [-0.25, -0.2) is 0 Å². The van der Waals surface area contributed by atoms with E-state index >= 15 is 0 Å². The molecule has 0 saturated heterocycles. The summed E-state index contributed by atoms with van der Waals surface area (Å²) >= 11 is 0. The van der Waals surface area contributed by atoms with Crippen LogP contribution in [0.15, 0.2) is 24.3 Å². The van der Waals surface area contributed by atoms with Crippen LogP contribution in [0.1, 0.15) is 18.2 Å². The molecule has 0 aliphatic carbocycles. The molecule has 0 bridgehead atoms. The first-order valence-electron chi connectivity index (χ1n) is 5.69. The molecule has 2 rings (SSSR count). The number of hydrogen-bond acceptors (Lipinski definition) is 3. The summed E-state index contributed by atoms with van der Waals surface area (Å²) in [6.45, 7) is 4.11. The van der Waals surface area contributed by atoms with Gasteiger partial charge in [0, 0.05) is 35.8 Å². The number of aliphatic hydroxyl groups is 1. The normalized spacial score (nSPS) is 15.1. The highest BCUT2D eigenvalue weighted by atomic mass is 16.3. The second kappa shape index (κ2) is 4.14. The third-order valence-electron chi connectivity index (χ3n) is 3.38. The minimum absolute atomic E-state index is 0.321. The largest absolute Gasteiger partial charge is 0.384 e. The molecule has 1 heterocycles. The number of benzene rings is 1. The topological polar surface area (TPSA) is 63.2 Å². The van der Waals surface area contributed by atoms with Gasteiger partial charge in [-0.05, 0) is 19.9 Å². The van der Waals surface area contributed by atoms with Crippen molar-refractivity contribution in [2.75, 3.05) is 6.54 Å². The van der Waals surface area contributed by atoms with Crippen molar-refractivity contribution in [2.45, 2.75) is 19.4 Å². The summed E-state index contributed by atoms with van der Waals surface area (Å²) in [5, 5.41) is 11.6. The van der Waals surface area contributed by atoms with Gasteiger partial charge < -0.3 is 9.67 Å². The Bertz CT molecular complexity index is 543. The number of aromatic nitrogens is 1. The molecule has 1 unspecified atom stereocenters. The van der Waals surface area contributed by atoms with E-state index in [1.165, 1.54) is 0 Å². The molecule has 4 N–H and O–H groups in total. The van der Waals surface area contributed by atoms with Crippen molar-refractivity contribution in [3.05, 3.63) is 35.5 Å². The van der Waals surface area contributed by atoms with E-state index in [2.05, 4.69) is 16.1 Å². The van der Waals surface area contributed by atoms with Crippen molar-refractivity contribution in [3.8, 4) is 0 Å². The van der Waals surface area contributed by atoms with E-state index in [0.29, 0.717) is 6.54 Å². The summed E-state index contributed by atoms with van der Waals surface area (Å²) < 4.78 is 2.09. The number of hydrogen-bond donors (Lipinski definition) is 3. The lowest BCUT2D eigenvalue weighted by Crippen LogP contribution is -2.39. The smallest absolute Gasteiger partial charge is 0.103 e. The Balaban J connectivity index is 2.73. The first-order chi connectivity index (χ1) is 7.99. The minimum Gasteiger partial charge on any atom is -0.384 e. The SMILES string of the molecule is Cc1c(C(C)(O)CNN)c2ccccc2n1C. The van der Waals surface area contributed by atoms with E-state index in [0.717, 1.165) is 22.2 Å². The fourth-order valence-electron chi connectivity index (χ4n) is 2.49. The molecular weight excluding hydrogens is 214 g/mol. The van der Waals surface area contributed by atoms with E-state index in [1.54, 1.807) is 6.92 Å². The molecule has 0 aliphatic rings. The van der Waals surface area contributed by atoms with E-state index < -0.39 is 5.60 Å². The molecule has 17 heavy (non-hydrogen) atoms. The number of nitrogens with zero attached hydrogens (tertiary/aromatic N) is 1. The van der Waals surface area contributed by atoms with Gasteiger partial charge in [-0.2, -0.15) is 0 Å². The Morgan fingerprint density at radius 2 is 2.06 bits per heavy atom. The monoisotopic (exact) mass is 233 g/mol. The van der Waals surface area contributed by atoms with Gasteiger partial charge in [0.25, 0.3) is 0 Å². The average Bonchev–Trinajstić information content (AvgIpc) is 2.53. The maximum absolute atomic E-state index is 10.5. The summed E-state index contributed by atoms with van der Waals surface area (Å²) in [6.07, 6.45) is 0. The van der Waals surface area contributed by atoms with Crippen LogP contribution in [-0.2, 0) is 12.6 Å². The number of rotatable bonds is 3. The van der Waals surface area contributed by atoms with Crippen molar-refractivity contribution < 1.29 is 5.11 Å². The van der Waals surface area contributed by atoms with Gasteiger partial charge in [0.15, 0.2) is 0 Å². The van der Waals surface area contributed by atoms with Crippen molar-refractivity contribution in [1.82, 2.24) is 9.99 Å². The van der Waals surface area contributed by atoms with Gasteiger partial charge in [0.1, 0.15) is 5.60 Å². The fraction of sp³-hybridized carbons (Fsp3) is 0.385. The molecule has 1 aromatic carbocycles. The van der Waals surface area contributed by atoms with Crippen LogP contribution >= 0.6 is 0 Å². The zero-order valence-electron chi connectivity index (χ0n) is 10.5. The van der Waals surface area contributed by atoms with Crippen LogP contribution in [-0.4, -0.2) is 16.2 Å². The van der Waals surface area contributed by atoms with Gasteiger partial charge in [0.2, 0.25) is 0 Å². The van der Waals surface area contributed by atoms with E-state index in [4.69, 9.17) is 5.84 Å². The highest BCUT2D eigenvalue weighted by Gasteiger charge is 2.29. The molecule has 4 nitrogen and oxygen atoms in total. The summed E-state index contributed by atoms with van der Waals surface area (Å²) in [5.41, 5.74) is 4.70. The number of para-hydroxylation sites is 1. The van der Waals surface area contributed by atoms with E-state index in [1.807, 2.05) is 32.2 Å². The first kappa shape index (κ1) is 12.1. The van der Waals surface area contributed by atoms with Gasteiger partial charge in [-0.1, -0.05) is 18.2 Å². The number of aryl methyl sites for hydroxylation is 1. The molecule has 1 aromatic heterocycles. The van der Waals surface area contributed by atoms with Crippen molar-refractivity contribution in [2.24, 2.45) is 12.9 Å². The quantitative estimate of drug-likeness (QED) is 0.550. The molecule has 0 fully saturated rings. The number of nitrogens with one attached hydrogen (secondary N) is 1. The predicted molar refractivity (Wildman–Crippen MR) is 69.4 cm³/mol. The second-order valence-electron chi connectivity index (χ2n) is 4.69. The molecule has 0 radical (unpaired) electrons. The summed E-state index contributed by atoms with van der Waals surface area (Å²) in [5.74, 6) is 5.34. The molecule has 92 valence electrons. The lowest BCUT2D eigenvalue weighted by molar-refractivity contribution is 0.0579. The molecule has 0 aliphatic heterocycles. The van der Waals surface area contributed by atoms with Crippen molar-refractivity contribution in [3.63, 3.8) is 0 Å². The standard InChI is InChI=1S/C13H19N3O/c1-9-12(13(2,17)8-15-14)10-6-4-5-7-11(10)16(9)3/h4-7,15,17H,8,14H2,1-3H3. The third-order valence-corrected chi connectivity index (χ3v) is 3.38. The Morgan fingerprint density at radius 3 is 2.71 bits per heavy atom. The van der Waals surface area contributed by atoms with E-state index in [-0.39, 0.29) is 0 Å². The third kappa shape index (κ3) is 1.84. The highest BCUT2D eigenvalue weighted by molar-refractivity contribution is 5.86. The first-order valence-corrected chi connectivity index (χ1v) is 5.69. The van der Waals surface area contributed by atoms with Crippen LogP contribution in [0.5, 0.6) is 0 Å². The van der Waals surface area contributed by atoms with Gasteiger partial charge in [-0.15, -0.1) is 0 Å². The molecule has 4 heteroatoms. The van der Waals surface area contributed by atoms with Crippen LogP contribution in [0, 0.1) is 6.92 Å². The van der Waals surface area contributed by atoms with Gasteiger partial charge in [-0.3, -0.25) is 11.3 Å². The highest BCUT2D eigenvalue weighted by Crippen LogP contribution is 2.33. The van der Waals surface area contributed by atoms with Crippen LogP contribution in [0.2, 0.25) is 0 Å². The van der Waals surface area contributed by atoms with Crippen LogP contribution in [0.4, 0.5) is 0 Å². The Morgan fingerprint density at radius 1 is 1.41 bits per heavy atom. The summed E-state index contributed by atoms with van der Waals surface area (Å²) in [7, 11) is 2.01. The molecular formula is C13H19N3O. The number of nitrogens with two attached hydrogens (primary N) is 1.